The molecule has 2 saturated heterocycles. The molecule has 0 radical (unpaired) electrons. The summed E-state index contributed by atoms with van der Waals surface area (Å²) in [5, 5.41) is 3.04. The monoisotopic (exact) mass is 272 g/mol. The minimum absolute atomic E-state index is 0.109. The first-order valence-electron chi connectivity index (χ1n) is 7.16. The molecule has 0 saturated carbocycles. The lowest BCUT2D eigenvalue weighted by Crippen LogP contribution is -2.64. The number of alkyl halides is 1. The van der Waals surface area contributed by atoms with E-state index in [4.69, 9.17) is 4.74 Å². The fourth-order valence-electron chi connectivity index (χ4n) is 3.22. The molecule has 2 rings (SSSR count). The number of hydrogen-bond acceptors (Lipinski definition) is 3. The Labute approximate surface area is 114 Å². The number of piperidine rings is 2. The van der Waals surface area contributed by atoms with Gasteiger partial charge in [0.05, 0.1) is 6.04 Å². The molecular formula is C14H25FN2O2. The summed E-state index contributed by atoms with van der Waals surface area (Å²) in [6.07, 6.45) is 1.97. The van der Waals surface area contributed by atoms with Crippen molar-refractivity contribution in [3.8, 4) is 0 Å². The average molecular weight is 272 g/mol. The SMILES string of the molecule is CN[C@H]1C[C@@H]2CCC[C@H]([C@H]1F)N2C(=O)OC(C)(C)C. The Hall–Kier alpha value is -0.840. The van der Waals surface area contributed by atoms with E-state index in [9.17, 15) is 9.18 Å². The number of amides is 1. The zero-order valence-corrected chi connectivity index (χ0v) is 12.3. The molecule has 0 aromatic heterocycles. The van der Waals surface area contributed by atoms with Crippen LogP contribution in [0.1, 0.15) is 46.5 Å². The van der Waals surface area contributed by atoms with E-state index in [1.54, 1.807) is 11.9 Å². The first-order valence-corrected chi connectivity index (χ1v) is 7.16. The van der Waals surface area contributed by atoms with Crippen molar-refractivity contribution in [3.63, 3.8) is 0 Å². The van der Waals surface area contributed by atoms with Gasteiger partial charge in [-0.3, -0.25) is 4.90 Å². The summed E-state index contributed by atoms with van der Waals surface area (Å²) < 4.78 is 19.9. The second-order valence-corrected chi connectivity index (χ2v) is 6.61. The van der Waals surface area contributed by atoms with E-state index in [2.05, 4.69) is 5.32 Å². The lowest BCUT2D eigenvalue weighted by atomic mass is 9.81. The summed E-state index contributed by atoms with van der Waals surface area (Å²) in [6, 6.07) is -0.369. The molecule has 0 aromatic carbocycles. The Balaban J connectivity index is 2.14. The lowest BCUT2D eigenvalue weighted by molar-refractivity contribution is -0.0498. The van der Waals surface area contributed by atoms with Crippen LogP contribution in [0.5, 0.6) is 0 Å². The van der Waals surface area contributed by atoms with Crippen molar-refractivity contribution in [1.82, 2.24) is 10.2 Å². The highest BCUT2D eigenvalue weighted by molar-refractivity contribution is 5.69. The fourth-order valence-corrected chi connectivity index (χ4v) is 3.22. The predicted octanol–water partition coefficient (Wildman–Crippen LogP) is 2.47. The third-order valence-electron chi connectivity index (χ3n) is 4.04. The van der Waals surface area contributed by atoms with Crippen LogP contribution < -0.4 is 5.32 Å². The van der Waals surface area contributed by atoms with E-state index >= 15 is 0 Å². The van der Waals surface area contributed by atoms with Crippen LogP contribution in [0, 0.1) is 0 Å². The van der Waals surface area contributed by atoms with Crippen molar-refractivity contribution in [2.24, 2.45) is 0 Å². The Morgan fingerprint density at radius 1 is 1.37 bits per heavy atom. The first kappa shape index (κ1) is 14.6. The van der Waals surface area contributed by atoms with E-state index in [1.165, 1.54) is 0 Å². The summed E-state index contributed by atoms with van der Waals surface area (Å²) >= 11 is 0. The van der Waals surface area contributed by atoms with Crippen LogP contribution in [0.2, 0.25) is 0 Å². The highest BCUT2D eigenvalue weighted by Crippen LogP contribution is 2.36. The number of carbonyl (C=O) groups is 1. The minimum atomic E-state index is -1.01. The van der Waals surface area contributed by atoms with Crippen LogP contribution in [-0.4, -0.2) is 47.9 Å². The Morgan fingerprint density at radius 2 is 2.05 bits per heavy atom. The molecule has 2 aliphatic rings. The smallest absolute Gasteiger partial charge is 0.410 e. The molecule has 2 heterocycles. The number of halogens is 1. The second kappa shape index (κ2) is 5.27. The van der Waals surface area contributed by atoms with Gasteiger partial charge >= 0.3 is 6.09 Å². The Bertz CT molecular complexity index is 343. The molecular weight excluding hydrogens is 247 g/mol. The highest BCUT2D eigenvalue weighted by atomic mass is 19.1. The number of ether oxygens (including phenoxy) is 1. The van der Waals surface area contributed by atoms with Crippen LogP contribution in [0.15, 0.2) is 0 Å². The standard InChI is InChI=1S/C14H25FN2O2/c1-14(2,3)19-13(18)17-9-6-5-7-11(17)12(15)10(8-9)16-4/h9-12,16H,5-8H2,1-4H3/t9-,10-,11+,12-/m0/s1. The number of carbonyl (C=O) groups excluding carboxylic acids is 1. The van der Waals surface area contributed by atoms with Crippen LogP contribution in [-0.2, 0) is 4.74 Å². The van der Waals surface area contributed by atoms with E-state index in [1.807, 2.05) is 20.8 Å². The van der Waals surface area contributed by atoms with E-state index < -0.39 is 11.8 Å². The van der Waals surface area contributed by atoms with Gasteiger partial charge in [0.2, 0.25) is 0 Å². The van der Waals surface area contributed by atoms with Crippen molar-refractivity contribution in [1.29, 1.82) is 0 Å². The molecule has 1 amide bonds. The number of rotatable bonds is 1. The number of hydrogen-bond donors (Lipinski definition) is 1. The molecule has 4 atom stereocenters. The van der Waals surface area contributed by atoms with Gasteiger partial charge in [-0.05, 0) is 53.5 Å². The van der Waals surface area contributed by atoms with Gasteiger partial charge in [-0.1, -0.05) is 0 Å². The van der Waals surface area contributed by atoms with Gasteiger partial charge in [-0.25, -0.2) is 9.18 Å². The Morgan fingerprint density at radius 3 is 2.63 bits per heavy atom. The summed E-state index contributed by atoms with van der Waals surface area (Å²) in [5.74, 6) is 0. The van der Waals surface area contributed by atoms with E-state index in [-0.39, 0.29) is 24.2 Å². The van der Waals surface area contributed by atoms with Crippen molar-refractivity contribution in [3.05, 3.63) is 0 Å². The van der Waals surface area contributed by atoms with Crippen LogP contribution in [0.3, 0.4) is 0 Å². The molecule has 1 N–H and O–H groups in total. The van der Waals surface area contributed by atoms with Crippen molar-refractivity contribution < 1.29 is 13.9 Å². The molecule has 0 aromatic rings. The average Bonchev–Trinajstić information content (AvgIpc) is 2.31. The molecule has 0 aliphatic carbocycles. The summed E-state index contributed by atoms with van der Waals surface area (Å²) in [4.78, 5) is 13.9. The predicted molar refractivity (Wildman–Crippen MR) is 71.9 cm³/mol. The summed E-state index contributed by atoms with van der Waals surface area (Å²) in [7, 11) is 1.79. The van der Waals surface area contributed by atoms with Crippen molar-refractivity contribution in [2.45, 2.75) is 76.4 Å². The van der Waals surface area contributed by atoms with Crippen molar-refractivity contribution >= 4 is 6.09 Å². The molecule has 0 unspecified atom stereocenters. The molecule has 0 spiro atoms. The maximum atomic E-state index is 14.5. The van der Waals surface area contributed by atoms with Crippen molar-refractivity contribution in [2.75, 3.05) is 7.05 Å². The zero-order chi connectivity index (χ0) is 14.2. The minimum Gasteiger partial charge on any atom is -0.444 e. The van der Waals surface area contributed by atoms with Gasteiger partial charge in [0.1, 0.15) is 11.8 Å². The largest absolute Gasteiger partial charge is 0.444 e. The molecule has 5 heteroatoms. The van der Waals surface area contributed by atoms with Gasteiger partial charge in [-0.15, -0.1) is 0 Å². The van der Waals surface area contributed by atoms with Gasteiger partial charge in [0.25, 0.3) is 0 Å². The van der Waals surface area contributed by atoms with E-state index in [0.29, 0.717) is 6.42 Å². The Kier molecular flexibility index (Phi) is 4.04. The number of nitrogens with one attached hydrogen (secondary N) is 1. The van der Waals surface area contributed by atoms with Gasteiger partial charge in [0.15, 0.2) is 0 Å². The maximum Gasteiger partial charge on any atom is 0.410 e. The topological polar surface area (TPSA) is 41.6 Å². The van der Waals surface area contributed by atoms with Crippen LogP contribution >= 0.6 is 0 Å². The van der Waals surface area contributed by atoms with Crippen LogP contribution in [0.25, 0.3) is 0 Å². The first-order chi connectivity index (χ1) is 8.83. The van der Waals surface area contributed by atoms with Gasteiger partial charge < -0.3 is 10.1 Å². The third kappa shape index (κ3) is 3.02. The lowest BCUT2D eigenvalue weighted by Gasteiger charge is -2.50. The van der Waals surface area contributed by atoms with Gasteiger partial charge in [-0.2, -0.15) is 0 Å². The summed E-state index contributed by atoms with van der Waals surface area (Å²) in [6.45, 7) is 5.52. The fraction of sp³-hybridized carbons (Fsp3) is 0.929. The highest BCUT2D eigenvalue weighted by Gasteiger charge is 2.48. The molecule has 2 bridgehead atoms. The zero-order valence-electron chi connectivity index (χ0n) is 12.3. The van der Waals surface area contributed by atoms with Crippen LogP contribution in [0.4, 0.5) is 9.18 Å². The quantitative estimate of drug-likeness (QED) is 0.797. The number of nitrogens with zero attached hydrogens (tertiary/aromatic N) is 1. The maximum absolute atomic E-state index is 14.5. The summed E-state index contributed by atoms with van der Waals surface area (Å²) in [5.41, 5.74) is -0.531. The molecule has 2 aliphatic heterocycles. The van der Waals surface area contributed by atoms with Gasteiger partial charge in [0, 0.05) is 12.1 Å². The molecule has 2 fully saturated rings. The molecule has 4 nitrogen and oxygen atoms in total. The normalized spacial score (nSPS) is 35.1. The molecule has 110 valence electrons. The second-order valence-electron chi connectivity index (χ2n) is 6.61. The van der Waals surface area contributed by atoms with E-state index in [0.717, 1.165) is 19.3 Å². The third-order valence-corrected chi connectivity index (χ3v) is 4.04. The molecule has 19 heavy (non-hydrogen) atoms. The number of fused-ring (bicyclic) bond motifs is 2.